The van der Waals surface area contributed by atoms with Gasteiger partial charge < -0.3 is 15.2 Å². The molecule has 2 N–H and O–H groups in total. The van der Waals surface area contributed by atoms with Gasteiger partial charge in [-0.25, -0.2) is 4.98 Å². The molecule has 0 saturated heterocycles. The molecule has 0 spiro atoms. The van der Waals surface area contributed by atoms with Crippen molar-refractivity contribution in [2.75, 3.05) is 20.8 Å². The highest BCUT2D eigenvalue weighted by Gasteiger charge is 2.06. The highest BCUT2D eigenvalue weighted by molar-refractivity contribution is 5.23. The van der Waals surface area contributed by atoms with E-state index < -0.39 is 0 Å². The van der Waals surface area contributed by atoms with Crippen LogP contribution in [0.5, 0.6) is 5.88 Å². The van der Waals surface area contributed by atoms with Gasteiger partial charge >= 0.3 is 0 Å². The van der Waals surface area contributed by atoms with E-state index in [1.807, 2.05) is 12.1 Å². The van der Waals surface area contributed by atoms with Gasteiger partial charge in [-0.15, -0.1) is 0 Å². The lowest BCUT2D eigenvalue weighted by Gasteiger charge is -2.10. The van der Waals surface area contributed by atoms with Crippen molar-refractivity contribution in [3.8, 4) is 5.88 Å². The number of hydrogen-bond acceptors (Lipinski definition) is 4. The molecule has 4 nitrogen and oxygen atoms in total. The second kappa shape index (κ2) is 4.79. The molecule has 4 heteroatoms. The fourth-order valence-electron chi connectivity index (χ4n) is 1.04. The Hall–Kier alpha value is -1.13. The van der Waals surface area contributed by atoms with Crippen LogP contribution in [0.15, 0.2) is 18.3 Å². The van der Waals surface area contributed by atoms with Gasteiger partial charge in [-0.2, -0.15) is 0 Å². The summed E-state index contributed by atoms with van der Waals surface area (Å²) in [4.78, 5) is 3.98. The van der Waals surface area contributed by atoms with Crippen molar-refractivity contribution in [2.24, 2.45) is 5.73 Å². The summed E-state index contributed by atoms with van der Waals surface area (Å²) < 4.78 is 9.92. The zero-order chi connectivity index (χ0) is 9.68. The lowest BCUT2D eigenvalue weighted by atomic mass is 10.1. The van der Waals surface area contributed by atoms with E-state index in [9.17, 15) is 0 Å². The first-order chi connectivity index (χ1) is 6.27. The summed E-state index contributed by atoms with van der Waals surface area (Å²) >= 11 is 0. The van der Waals surface area contributed by atoms with Crippen LogP contribution >= 0.6 is 0 Å². The molecule has 13 heavy (non-hydrogen) atoms. The van der Waals surface area contributed by atoms with Gasteiger partial charge in [0.2, 0.25) is 5.88 Å². The zero-order valence-electron chi connectivity index (χ0n) is 7.86. The molecule has 1 atom stereocenters. The average Bonchev–Trinajstić information content (AvgIpc) is 2.18. The molecule has 0 bridgehead atoms. The maximum atomic E-state index is 5.82. The zero-order valence-corrected chi connectivity index (χ0v) is 7.86. The first-order valence-electron chi connectivity index (χ1n) is 4.02. The molecule has 1 aromatic heterocycles. The third-order valence-corrected chi connectivity index (χ3v) is 1.74. The molecule has 0 amide bonds. The largest absolute Gasteiger partial charge is 0.481 e. The number of aromatic nitrogens is 1. The van der Waals surface area contributed by atoms with Crippen LogP contribution in [0.2, 0.25) is 0 Å². The van der Waals surface area contributed by atoms with Crippen molar-refractivity contribution in [3.05, 3.63) is 23.9 Å². The van der Waals surface area contributed by atoms with Crippen LogP contribution in [-0.4, -0.2) is 25.8 Å². The molecular weight excluding hydrogens is 168 g/mol. The Bertz CT molecular complexity index is 266. The Morgan fingerprint density at radius 3 is 2.92 bits per heavy atom. The number of ether oxygens (including phenoxy) is 2. The van der Waals surface area contributed by atoms with Crippen molar-refractivity contribution < 1.29 is 9.47 Å². The van der Waals surface area contributed by atoms with Crippen LogP contribution in [0, 0.1) is 0 Å². The third kappa shape index (κ3) is 2.68. The van der Waals surface area contributed by atoms with Gasteiger partial charge in [-0.3, -0.25) is 0 Å². The van der Waals surface area contributed by atoms with E-state index in [0.29, 0.717) is 12.5 Å². The molecule has 0 fully saturated rings. The fraction of sp³-hybridized carbons (Fsp3) is 0.444. The molecule has 0 aliphatic carbocycles. The highest BCUT2D eigenvalue weighted by Crippen LogP contribution is 2.14. The Labute approximate surface area is 77.7 Å². The number of rotatable bonds is 4. The highest BCUT2D eigenvalue weighted by atomic mass is 16.5. The van der Waals surface area contributed by atoms with Crippen LogP contribution in [0.1, 0.15) is 11.6 Å². The van der Waals surface area contributed by atoms with E-state index in [2.05, 4.69) is 4.98 Å². The number of nitrogens with two attached hydrogens (primary N) is 1. The lowest BCUT2D eigenvalue weighted by Crippen LogP contribution is -2.16. The Kier molecular flexibility index (Phi) is 3.67. The summed E-state index contributed by atoms with van der Waals surface area (Å²) in [5, 5.41) is 0. The number of hydrogen-bond donors (Lipinski definition) is 1. The van der Waals surface area contributed by atoms with Crippen LogP contribution in [0.25, 0.3) is 0 Å². The van der Waals surface area contributed by atoms with Gasteiger partial charge in [0.05, 0.1) is 19.8 Å². The van der Waals surface area contributed by atoms with Gasteiger partial charge in [0.1, 0.15) is 0 Å². The number of methoxy groups -OCH3 is 2. The first kappa shape index (κ1) is 9.95. The minimum Gasteiger partial charge on any atom is -0.481 e. The van der Waals surface area contributed by atoms with Crippen LogP contribution in [0.4, 0.5) is 0 Å². The molecule has 0 radical (unpaired) electrons. The second-order valence-corrected chi connectivity index (χ2v) is 2.69. The van der Waals surface area contributed by atoms with Crippen molar-refractivity contribution in [2.45, 2.75) is 6.04 Å². The Morgan fingerprint density at radius 1 is 1.54 bits per heavy atom. The minimum absolute atomic E-state index is 0.123. The van der Waals surface area contributed by atoms with Gasteiger partial charge in [0.15, 0.2) is 0 Å². The molecular formula is C9H14N2O2. The predicted octanol–water partition coefficient (Wildman–Crippen LogP) is 0.736. The van der Waals surface area contributed by atoms with Gasteiger partial charge in [-0.05, 0) is 11.6 Å². The molecule has 0 aliphatic heterocycles. The summed E-state index contributed by atoms with van der Waals surface area (Å²) in [7, 11) is 3.20. The van der Waals surface area contributed by atoms with Crippen molar-refractivity contribution in [3.63, 3.8) is 0 Å². The van der Waals surface area contributed by atoms with Crippen molar-refractivity contribution in [1.82, 2.24) is 4.98 Å². The van der Waals surface area contributed by atoms with Crippen LogP contribution < -0.4 is 10.5 Å². The second-order valence-electron chi connectivity index (χ2n) is 2.69. The summed E-state index contributed by atoms with van der Waals surface area (Å²) in [6, 6.07) is 3.54. The summed E-state index contributed by atoms with van der Waals surface area (Å²) in [5.41, 5.74) is 6.79. The standard InChI is InChI=1S/C9H14N2O2/c1-12-6-8(10)7-3-4-11-9(5-7)13-2/h3-5,8H,6,10H2,1-2H3. The van der Waals surface area contributed by atoms with E-state index in [0.717, 1.165) is 5.56 Å². The van der Waals surface area contributed by atoms with E-state index in [1.165, 1.54) is 0 Å². The molecule has 1 heterocycles. The van der Waals surface area contributed by atoms with Gasteiger partial charge in [0.25, 0.3) is 0 Å². The molecule has 0 aliphatic rings. The number of nitrogens with zero attached hydrogens (tertiary/aromatic N) is 1. The smallest absolute Gasteiger partial charge is 0.213 e. The molecule has 72 valence electrons. The summed E-state index contributed by atoms with van der Waals surface area (Å²) in [5.74, 6) is 0.573. The maximum Gasteiger partial charge on any atom is 0.213 e. The topological polar surface area (TPSA) is 57.4 Å². The predicted molar refractivity (Wildman–Crippen MR) is 49.6 cm³/mol. The van der Waals surface area contributed by atoms with Gasteiger partial charge in [-0.1, -0.05) is 0 Å². The molecule has 0 aromatic carbocycles. The summed E-state index contributed by atoms with van der Waals surface area (Å²) in [6.07, 6.45) is 1.67. The third-order valence-electron chi connectivity index (χ3n) is 1.74. The number of pyridine rings is 1. The molecule has 1 aromatic rings. The van der Waals surface area contributed by atoms with E-state index in [1.54, 1.807) is 20.4 Å². The molecule has 1 rings (SSSR count). The van der Waals surface area contributed by atoms with Crippen molar-refractivity contribution in [1.29, 1.82) is 0 Å². The Morgan fingerprint density at radius 2 is 2.31 bits per heavy atom. The van der Waals surface area contributed by atoms with E-state index in [4.69, 9.17) is 15.2 Å². The molecule has 1 unspecified atom stereocenters. The minimum atomic E-state index is -0.123. The monoisotopic (exact) mass is 182 g/mol. The van der Waals surface area contributed by atoms with E-state index in [-0.39, 0.29) is 6.04 Å². The summed E-state index contributed by atoms with van der Waals surface area (Å²) in [6.45, 7) is 0.493. The Balaban J connectivity index is 2.75. The fourth-order valence-corrected chi connectivity index (χ4v) is 1.04. The maximum absolute atomic E-state index is 5.82. The lowest BCUT2D eigenvalue weighted by molar-refractivity contribution is 0.181. The normalized spacial score (nSPS) is 12.5. The van der Waals surface area contributed by atoms with Gasteiger partial charge in [0, 0.05) is 19.4 Å². The average molecular weight is 182 g/mol. The first-order valence-corrected chi connectivity index (χ1v) is 4.02. The van der Waals surface area contributed by atoms with E-state index >= 15 is 0 Å². The molecule has 0 saturated carbocycles. The van der Waals surface area contributed by atoms with Crippen LogP contribution in [-0.2, 0) is 4.74 Å². The SMILES string of the molecule is COCC(N)c1ccnc(OC)c1. The van der Waals surface area contributed by atoms with Crippen molar-refractivity contribution >= 4 is 0 Å². The quantitative estimate of drug-likeness (QED) is 0.746. The van der Waals surface area contributed by atoms with Crippen LogP contribution in [0.3, 0.4) is 0 Å².